The van der Waals surface area contributed by atoms with Gasteiger partial charge in [-0.15, -0.1) is 0 Å². The fraction of sp³-hybridized carbons (Fsp3) is 0.350. The summed E-state index contributed by atoms with van der Waals surface area (Å²) in [6, 6.07) is 20.3. The van der Waals surface area contributed by atoms with Crippen LogP contribution in [-0.2, 0) is 6.54 Å². The normalized spacial score (nSPS) is 20.8. The molecule has 0 radical (unpaired) electrons. The highest BCUT2D eigenvalue weighted by molar-refractivity contribution is 5.96. The Hall–Kier alpha value is -5.33. The lowest BCUT2D eigenvalue weighted by atomic mass is 9.91. The largest absolute Gasteiger partial charge is 0.508 e. The minimum Gasteiger partial charge on any atom is -0.508 e. The van der Waals surface area contributed by atoms with Gasteiger partial charge in [0.15, 0.2) is 0 Å². The molecule has 2 fully saturated rings. The van der Waals surface area contributed by atoms with Gasteiger partial charge in [-0.05, 0) is 94.0 Å². The van der Waals surface area contributed by atoms with Crippen molar-refractivity contribution in [2.75, 3.05) is 13.1 Å². The number of ether oxygens (including phenoxy) is 1. The summed E-state index contributed by atoms with van der Waals surface area (Å²) in [6.45, 7) is 8.78. The number of nitrogens with zero attached hydrogens (tertiary/aromatic N) is 4. The smallest absolute Gasteiger partial charge is 0.271 e. The van der Waals surface area contributed by atoms with Gasteiger partial charge in [0.2, 0.25) is 5.88 Å². The molecule has 2 aromatic carbocycles. The van der Waals surface area contributed by atoms with E-state index in [-0.39, 0.29) is 35.2 Å². The second kappa shape index (κ2) is 15.1. The fourth-order valence-electron chi connectivity index (χ4n) is 7.37. The molecule has 1 aliphatic carbocycles. The summed E-state index contributed by atoms with van der Waals surface area (Å²) in [7, 11) is 0. The standard InChI is InChI=1S/C40H44FN7O4/c1-24-20-47(21-25(2)43-24)22-29-11-10-28(17-36(29)49)27-7-5-8-33(16-27)52-40-34(18-30(41)19-42-40)38(50)44-31-12-14-32(15-13-31)45-39(51)35-23-48-26(3)6-4-9-37(48)46-35/h4-11,16-19,23-25,31-32,43,49H,12-15,20-22H2,1-3H3,(H,44,50)(H,45,51)/t24-,25+,31-,32+. The first-order valence-electron chi connectivity index (χ1n) is 17.9. The first-order valence-corrected chi connectivity index (χ1v) is 17.9. The SMILES string of the molecule is Cc1cccc2nc(C(=O)N[C@H]3CC[C@@H](NC(=O)c4cc(F)cnc4Oc4cccc(-c5ccc(CN6C[C@@H](C)N[C@@H](C)C6)c(O)c5)c4)CC3)cn12. The summed E-state index contributed by atoms with van der Waals surface area (Å²) in [5.41, 5.74) is 4.53. The van der Waals surface area contributed by atoms with Crippen molar-refractivity contribution >= 4 is 17.5 Å². The molecule has 11 nitrogen and oxygen atoms in total. The molecule has 4 heterocycles. The number of halogens is 1. The number of carbonyl (C=O) groups excluding carboxylic acids is 2. The minimum atomic E-state index is -0.653. The number of piperazine rings is 1. The van der Waals surface area contributed by atoms with E-state index in [1.54, 1.807) is 24.4 Å². The number of nitrogens with one attached hydrogen (secondary N) is 3. The molecule has 1 aliphatic heterocycles. The van der Waals surface area contributed by atoms with Crippen molar-refractivity contribution in [1.29, 1.82) is 0 Å². The first kappa shape index (κ1) is 35.1. The maximum absolute atomic E-state index is 14.4. The number of fused-ring (bicyclic) bond motifs is 1. The van der Waals surface area contributed by atoms with Gasteiger partial charge in [-0.25, -0.2) is 14.4 Å². The predicted molar refractivity (Wildman–Crippen MR) is 196 cm³/mol. The Morgan fingerprint density at radius 3 is 2.33 bits per heavy atom. The number of phenols is 1. The molecule has 270 valence electrons. The van der Waals surface area contributed by atoms with Crippen LogP contribution in [0, 0.1) is 12.7 Å². The number of aryl methyl sites for hydroxylation is 1. The number of aromatic nitrogens is 3. The van der Waals surface area contributed by atoms with E-state index in [2.05, 4.69) is 44.7 Å². The Morgan fingerprint density at radius 2 is 1.62 bits per heavy atom. The average Bonchev–Trinajstić information content (AvgIpc) is 3.57. The van der Waals surface area contributed by atoms with Gasteiger partial charge in [0, 0.05) is 61.3 Å². The molecule has 1 saturated heterocycles. The topological polar surface area (TPSA) is 133 Å². The van der Waals surface area contributed by atoms with Gasteiger partial charge in [-0.2, -0.15) is 0 Å². The molecule has 52 heavy (non-hydrogen) atoms. The Morgan fingerprint density at radius 1 is 0.923 bits per heavy atom. The third-order valence-electron chi connectivity index (χ3n) is 9.88. The number of benzene rings is 2. The van der Waals surface area contributed by atoms with Crippen LogP contribution in [0.15, 0.2) is 79.1 Å². The zero-order valence-corrected chi connectivity index (χ0v) is 29.6. The summed E-state index contributed by atoms with van der Waals surface area (Å²) < 4.78 is 22.4. The zero-order chi connectivity index (χ0) is 36.4. The quantitative estimate of drug-likeness (QED) is 0.147. The van der Waals surface area contributed by atoms with Crippen LogP contribution in [0.2, 0.25) is 0 Å². The number of imidazole rings is 1. The van der Waals surface area contributed by atoms with Crippen molar-refractivity contribution in [3.05, 3.63) is 107 Å². The van der Waals surface area contributed by atoms with E-state index < -0.39 is 11.7 Å². The molecule has 12 heteroatoms. The predicted octanol–water partition coefficient (Wildman–Crippen LogP) is 5.99. The van der Waals surface area contributed by atoms with Crippen LogP contribution in [0.25, 0.3) is 16.8 Å². The highest BCUT2D eigenvalue weighted by Crippen LogP contribution is 2.32. The summed E-state index contributed by atoms with van der Waals surface area (Å²) in [4.78, 5) is 37.3. The van der Waals surface area contributed by atoms with Crippen LogP contribution < -0.4 is 20.7 Å². The minimum absolute atomic E-state index is 0.0125. The van der Waals surface area contributed by atoms with Crippen molar-refractivity contribution in [3.8, 4) is 28.5 Å². The van der Waals surface area contributed by atoms with Crippen molar-refractivity contribution in [3.63, 3.8) is 0 Å². The number of hydrogen-bond donors (Lipinski definition) is 4. The number of rotatable bonds is 9. The van der Waals surface area contributed by atoms with Crippen LogP contribution in [-0.4, -0.2) is 73.4 Å². The Labute approximate surface area is 302 Å². The second-order valence-electron chi connectivity index (χ2n) is 14.2. The molecular weight excluding hydrogens is 661 g/mol. The molecule has 2 atom stereocenters. The second-order valence-corrected chi connectivity index (χ2v) is 14.2. The fourth-order valence-corrected chi connectivity index (χ4v) is 7.37. The van der Waals surface area contributed by atoms with Crippen molar-refractivity contribution < 1.29 is 23.8 Å². The lowest BCUT2D eigenvalue weighted by Gasteiger charge is -2.36. The van der Waals surface area contributed by atoms with Gasteiger partial charge in [-0.3, -0.25) is 14.5 Å². The molecule has 0 unspecified atom stereocenters. The number of phenolic OH excluding ortho intramolecular Hbond substituents is 1. The van der Waals surface area contributed by atoms with Gasteiger partial charge in [0.1, 0.15) is 34.2 Å². The number of pyridine rings is 2. The highest BCUT2D eigenvalue weighted by atomic mass is 19.1. The molecule has 7 rings (SSSR count). The van der Waals surface area contributed by atoms with Gasteiger partial charge in [-0.1, -0.05) is 30.3 Å². The third kappa shape index (κ3) is 8.08. The van der Waals surface area contributed by atoms with Crippen molar-refractivity contribution in [2.24, 2.45) is 0 Å². The van der Waals surface area contributed by atoms with Crippen LogP contribution in [0.3, 0.4) is 0 Å². The molecule has 1 saturated carbocycles. The lowest BCUT2D eigenvalue weighted by Crippen LogP contribution is -2.53. The van der Waals surface area contributed by atoms with Crippen LogP contribution in [0.4, 0.5) is 4.39 Å². The summed E-state index contributed by atoms with van der Waals surface area (Å²) in [5, 5.41) is 20.6. The Kier molecular flexibility index (Phi) is 10.2. The monoisotopic (exact) mass is 705 g/mol. The highest BCUT2D eigenvalue weighted by Gasteiger charge is 2.27. The molecule has 2 amide bonds. The number of aromatic hydroxyl groups is 1. The van der Waals surface area contributed by atoms with Crippen LogP contribution in [0.5, 0.6) is 17.4 Å². The van der Waals surface area contributed by atoms with Crippen LogP contribution >= 0.6 is 0 Å². The summed E-state index contributed by atoms with van der Waals surface area (Å²) in [6.07, 6.45) is 5.39. The van der Waals surface area contributed by atoms with Gasteiger partial charge >= 0.3 is 0 Å². The molecule has 3 aromatic heterocycles. The Balaban J connectivity index is 0.966. The van der Waals surface area contributed by atoms with E-state index >= 15 is 0 Å². The average molecular weight is 706 g/mol. The molecule has 4 N–H and O–H groups in total. The van der Waals surface area contributed by atoms with E-state index in [0.29, 0.717) is 55.8 Å². The first-order chi connectivity index (χ1) is 25.1. The van der Waals surface area contributed by atoms with E-state index in [0.717, 1.165) is 53.4 Å². The molecule has 2 aliphatic rings. The number of amides is 2. The van der Waals surface area contributed by atoms with E-state index in [4.69, 9.17) is 4.74 Å². The van der Waals surface area contributed by atoms with Crippen molar-refractivity contribution in [1.82, 2.24) is 35.2 Å². The summed E-state index contributed by atoms with van der Waals surface area (Å²) >= 11 is 0. The van der Waals surface area contributed by atoms with Crippen molar-refractivity contribution in [2.45, 2.75) is 77.2 Å². The van der Waals surface area contributed by atoms with E-state index in [9.17, 15) is 19.1 Å². The molecule has 5 aromatic rings. The zero-order valence-electron chi connectivity index (χ0n) is 29.6. The Bertz CT molecular complexity index is 2080. The van der Waals surface area contributed by atoms with Gasteiger partial charge in [0.25, 0.3) is 11.8 Å². The number of carbonyl (C=O) groups is 2. The maximum Gasteiger partial charge on any atom is 0.271 e. The van der Waals surface area contributed by atoms with Gasteiger partial charge < -0.3 is 30.2 Å². The third-order valence-corrected chi connectivity index (χ3v) is 9.88. The number of hydrogen-bond acceptors (Lipinski definition) is 8. The van der Waals surface area contributed by atoms with Crippen LogP contribution in [0.1, 0.15) is 71.6 Å². The maximum atomic E-state index is 14.4. The van der Waals surface area contributed by atoms with Gasteiger partial charge in [0.05, 0.1) is 6.20 Å². The molecular formula is C40H44FN7O4. The summed E-state index contributed by atoms with van der Waals surface area (Å²) in [5.74, 6) is -0.747. The van der Waals surface area contributed by atoms with E-state index in [1.165, 1.54) is 0 Å². The van der Waals surface area contributed by atoms with E-state index in [1.807, 2.05) is 53.8 Å². The molecule has 0 bridgehead atoms. The molecule has 0 spiro atoms. The lowest BCUT2D eigenvalue weighted by molar-refractivity contribution is 0.0888.